The fraction of sp³-hybridized carbons (Fsp3) is 0.222. The first-order chi connectivity index (χ1) is 11.1. The van der Waals surface area contributed by atoms with Crippen molar-refractivity contribution in [3.05, 3.63) is 73.7 Å². The molecule has 5 heteroatoms. The molecule has 1 aliphatic heterocycles. The van der Waals surface area contributed by atoms with Gasteiger partial charge in [0, 0.05) is 16.5 Å². The molecule has 0 saturated heterocycles. The van der Waals surface area contributed by atoms with Crippen LogP contribution in [0.4, 0.5) is 5.69 Å². The van der Waals surface area contributed by atoms with Gasteiger partial charge in [0.2, 0.25) is 0 Å². The van der Waals surface area contributed by atoms with Crippen molar-refractivity contribution < 1.29 is 0 Å². The summed E-state index contributed by atoms with van der Waals surface area (Å²) in [4.78, 5) is 0. The van der Waals surface area contributed by atoms with E-state index in [1.54, 1.807) is 6.07 Å². The first-order valence-electron chi connectivity index (χ1n) is 7.43. The lowest BCUT2D eigenvalue weighted by Crippen LogP contribution is -2.29. The van der Waals surface area contributed by atoms with Gasteiger partial charge in [-0.1, -0.05) is 70.7 Å². The lowest BCUT2D eigenvalue weighted by atomic mass is 9.77. The Balaban J connectivity index is 1.88. The van der Waals surface area contributed by atoms with Gasteiger partial charge in [0.15, 0.2) is 0 Å². The number of allylic oxidation sites excluding steroid dienone is 2. The SMILES string of the molecule is Clc1cccc([C@@H]2Nc3c(Cl)ccc(Cl)c3[C@H]3C=CC[C@@H]32)c1Cl. The fourth-order valence-electron chi connectivity index (χ4n) is 3.70. The zero-order chi connectivity index (χ0) is 16.1. The summed E-state index contributed by atoms with van der Waals surface area (Å²) < 4.78 is 0. The van der Waals surface area contributed by atoms with Crippen LogP contribution in [0.2, 0.25) is 20.1 Å². The van der Waals surface area contributed by atoms with E-state index in [4.69, 9.17) is 46.4 Å². The molecule has 1 aliphatic carbocycles. The van der Waals surface area contributed by atoms with E-state index < -0.39 is 0 Å². The average Bonchev–Trinajstić information content (AvgIpc) is 3.02. The van der Waals surface area contributed by atoms with Crippen molar-refractivity contribution in [2.45, 2.75) is 18.4 Å². The molecule has 3 atom stereocenters. The lowest BCUT2D eigenvalue weighted by molar-refractivity contribution is 0.426. The van der Waals surface area contributed by atoms with E-state index in [-0.39, 0.29) is 12.0 Å². The quantitative estimate of drug-likeness (QED) is 0.515. The number of halogens is 4. The maximum absolute atomic E-state index is 6.46. The van der Waals surface area contributed by atoms with Gasteiger partial charge >= 0.3 is 0 Å². The smallest absolute Gasteiger partial charge is 0.0645 e. The topological polar surface area (TPSA) is 12.0 Å². The van der Waals surface area contributed by atoms with Crippen molar-refractivity contribution in [1.29, 1.82) is 0 Å². The minimum Gasteiger partial charge on any atom is -0.376 e. The molecular weight excluding hydrogens is 372 g/mol. The van der Waals surface area contributed by atoms with E-state index in [0.717, 1.165) is 28.3 Å². The van der Waals surface area contributed by atoms with Gasteiger partial charge in [-0.2, -0.15) is 0 Å². The van der Waals surface area contributed by atoms with Gasteiger partial charge in [-0.3, -0.25) is 0 Å². The highest BCUT2D eigenvalue weighted by molar-refractivity contribution is 6.42. The van der Waals surface area contributed by atoms with E-state index in [1.807, 2.05) is 24.3 Å². The first-order valence-corrected chi connectivity index (χ1v) is 8.94. The Labute approximate surface area is 155 Å². The highest BCUT2D eigenvalue weighted by Gasteiger charge is 2.40. The number of nitrogens with one attached hydrogen (secondary N) is 1. The van der Waals surface area contributed by atoms with Crippen molar-refractivity contribution in [1.82, 2.24) is 0 Å². The molecule has 0 spiro atoms. The Morgan fingerprint density at radius 3 is 2.52 bits per heavy atom. The Hall–Kier alpha value is -0.860. The van der Waals surface area contributed by atoms with Crippen LogP contribution in [0.5, 0.6) is 0 Å². The third-order valence-electron chi connectivity index (χ3n) is 4.73. The third-order valence-corrected chi connectivity index (χ3v) is 6.21. The average molecular weight is 385 g/mol. The normalized spacial score (nSPS) is 25.0. The summed E-state index contributed by atoms with van der Waals surface area (Å²) in [6.45, 7) is 0. The molecule has 1 N–H and O–H groups in total. The second-order valence-corrected chi connectivity index (χ2v) is 7.54. The largest absolute Gasteiger partial charge is 0.376 e. The van der Waals surface area contributed by atoms with Crippen molar-refractivity contribution in [3.8, 4) is 0 Å². The predicted octanol–water partition coefficient (Wildman–Crippen LogP) is 7.13. The molecule has 0 unspecified atom stereocenters. The summed E-state index contributed by atoms with van der Waals surface area (Å²) in [7, 11) is 0. The van der Waals surface area contributed by atoms with Crippen LogP contribution in [0, 0.1) is 5.92 Å². The zero-order valence-electron chi connectivity index (χ0n) is 12.0. The second-order valence-electron chi connectivity index (χ2n) is 5.94. The third kappa shape index (κ3) is 2.46. The molecule has 1 heterocycles. The zero-order valence-corrected chi connectivity index (χ0v) is 15.0. The van der Waals surface area contributed by atoms with Crippen LogP contribution in [0.15, 0.2) is 42.5 Å². The van der Waals surface area contributed by atoms with Gasteiger partial charge in [-0.25, -0.2) is 0 Å². The lowest BCUT2D eigenvalue weighted by Gasteiger charge is -2.38. The van der Waals surface area contributed by atoms with Crippen LogP contribution in [-0.2, 0) is 0 Å². The fourth-order valence-corrected chi connectivity index (χ4v) is 4.63. The van der Waals surface area contributed by atoms with E-state index in [0.29, 0.717) is 21.0 Å². The van der Waals surface area contributed by atoms with E-state index in [2.05, 4.69) is 17.5 Å². The van der Waals surface area contributed by atoms with Gasteiger partial charge in [0.1, 0.15) is 0 Å². The predicted molar refractivity (Wildman–Crippen MR) is 99.3 cm³/mol. The Bertz CT molecular complexity index is 815. The van der Waals surface area contributed by atoms with Gasteiger partial charge in [-0.05, 0) is 36.1 Å². The maximum Gasteiger partial charge on any atom is 0.0645 e. The van der Waals surface area contributed by atoms with Crippen LogP contribution < -0.4 is 5.32 Å². The van der Waals surface area contributed by atoms with Gasteiger partial charge in [0.25, 0.3) is 0 Å². The molecule has 118 valence electrons. The maximum atomic E-state index is 6.46. The van der Waals surface area contributed by atoms with Gasteiger partial charge < -0.3 is 5.32 Å². The first kappa shape index (κ1) is 15.7. The Kier molecular flexibility index (Phi) is 4.01. The number of fused-ring (bicyclic) bond motifs is 3. The van der Waals surface area contributed by atoms with E-state index in [1.165, 1.54) is 0 Å². The standard InChI is InChI=1S/C18H13Cl4N/c19-12-7-8-14(21)18-15(12)9-3-1-4-10(9)17(23-18)11-5-2-6-13(20)16(11)22/h1-3,5-10,17,23H,4H2/t9-,10-,17+/m0/s1. The molecule has 0 aromatic heterocycles. The van der Waals surface area contributed by atoms with Crippen molar-refractivity contribution >= 4 is 52.1 Å². The number of hydrogen-bond donors (Lipinski definition) is 1. The monoisotopic (exact) mass is 383 g/mol. The molecule has 2 aromatic carbocycles. The molecule has 2 aliphatic rings. The second kappa shape index (κ2) is 5.89. The van der Waals surface area contributed by atoms with E-state index in [9.17, 15) is 0 Å². The molecule has 4 rings (SSSR count). The highest BCUT2D eigenvalue weighted by Crippen LogP contribution is 2.54. The van der Waals surface area contributed by atoms with Crippen LogP contribution in [0.1, 0.15) is 29.5 Å². The van der Waals surface area contributed by atoms with Crippen LogP contribution >= 0.6 is 46.4 Å². The summed E-state index contributed by atoms with van der Waals surface area (Å²) in [6.07, 6.45) is 5.39. The minimum absolute atomic E-state index is 0.0460. The van der Waals surface area contributed by atoms with Crippen molar-refractivity contribution in [2.75, 3.05) is 5.32 Å². The summed E-state index contributed by atoms with van der Waals surface area (Å²) in [5.74, 6) is 0.576. The molecule has 0 fully saturated rings. The number of rotatable bonds is 1. The van der Waals surface area contributed by atoms with Gasteiger partial charge in [-0.15, -0.1) is 0 Å². The number of hydrogen-bond acceptors (Lipinski definition) is 1. The van der Waals surface area contributed by atoms with Crippen molar-refractivity contribution in [3.63, 3.8) is 0 Å². The van der Waals surface area contributed by atoms with Crippen LogP contribution in [0.25, 0.3) is 0 Å². The summed E-state index contributed by atoms with van der Waals surface area (Å²) >= 11 is 25.5. The molecule has 1 nitrogen and oxygen atoms in total. The van der Waals surface area contributed by atoms with Crippen LogP contribution in [0.3, 0.4) is 0 Å². The van der Waals surface area contributed by atoms with E-state index >= 15 is 0 Å². The Morgan fingerprint density at radius 2 is 1.70 bits per heavy atom. The number of benzene rings is 2. The Morgan fingerprint density at radius 1 is 0.913 bits per heavy atom. The van der Waals surface area contributed by atoms with Crippen molar-refractivity contribution in [2.24, 2.45) is 5.92 Å². The summed E-state index contributed by atoms with van der Waals surface area (Å²) in [5.41, 5.74) is 2.97. The van der Waals surface area contributed by atoms with Gasteiger partial charge in [0.05, 0.1) is 26.8 Å². The molecule has 0 radical (unpaired) electrons. The minimum atomic E-state index is 0.0460. The van der Waals surface area contributed by atoms with Crippen LogP contribution in [-0.4, -0.2) is 0 Å². The molecular formula is C18H13Cl4N. The molecule has 0 saturated carbocycles. The summed E-state index contributed by atoms with van der Waals surface area (Å²) in [6, 6.07) is 9.48. The molecule has 2 aromatic rings. The highest BCUT2D eigenvalue weighted by atomic mass is 35.5. The summed E-state index contributed by atoms with van der Waals surface area (Å²) in [5, 5.41) is 6.14. The molecule has 0 amide bonds. The molecule has 0 bridgehead atoms. The number of anilines is 1. The molecule has 23 heavy (non-hydrogen) atoms.